The van der Waals surface area contributed by atoms with E-state index in [1.54, 1.807) is 10.4 Å². The van der Waals surface area contributed by atoms with Crippen molar-refractivity contribution in [2.75, 3.05) is 65.6 Å². The quantitative estimate of drug-likeness (QED) is 0.722. The number of nitrogens with zero attached hydrogens (tertiary/aromatic N) is 3. The lowest BCUT2D eigenvalue weighted by atomic mass is 10.1. The third-order valence-corrected chi connectivity index (χ3v) is 7.98. The Kier molecular flexibility index (Phi) is 6.34. The van der Waals surface area contributed by atoms with E-state index in [1.807, 2.05) is 12.1 Å². The molecule has 7 nitrogen and oxygen atoms in total. The molecular weight excluding hydrogens is 378 g/mol. The first-order chi connectivity index (χ1) is 13.5. The van der Waals surface area contributed by atoms with Crippen LogP contribution in [0.15, 0.2) is 23.1 Å². The molecule has 2 saturated heterocycles. The highest BCUT2D eigenvalue weighted by atomic mass is 32.2. The summed E-state index contributed by atoms with van der Waals surface area (Å²) in [6.45, 7) is 6.69. The first kappa shape index (κ1) is 20.3. The summed E-state index contributed by atoms with van der Waals surface area (Å²) in [5.74, 6) is 0. The molecule has 1 aromatic rings. The maximum Gasteiger partial charge on any atom is 0.243 e. The molecular formula is C20H31N3O4S. The van der Waals surface area contributed by atoms with Crippen LogP contribution >= 0.6 is 0 Å². The molecule has 8 heteroatoms. The zero-order chi connectivity index (χ0) is 19.6. The Morgan fingerprint density at radius 1 is 0.929 bits per heavy atom. The SMILES string of the molecule is O=S(=O)(c1ccc2c(c1)CCC2)N1CCN(C[C@@H](O)CN2CCOCC2)CC1. The molecule has 0 saturated carbocycles. The number of piperazine rings is 1. The summed E-state index contributed by atoms with van der Waals surface area (Å²) in [6.07, 6.45) is 2.73. The van der Waals surface area contributed by atoms with E-state index in [0.717, 1.165) is 45.6 Å². The average molecular weight is 410 g/mol. The van der Waals surface area contributed by atoms with Gasteiger partial charge in [-0.15, -0.1) is 0 Å². The number of aryl methyl sites for hydroxylation is 2. The fraction of sp³-hybridized carbons (Fsp3) is 0.700. The molecule has 0 aromatic heterocycles. The zero-order valence-electron chi connectivity index (χ0n) is 16.4. The van der Waals surface area contributed by atoms with Crippen molar-refractivity contribution in [1.82, 2.24) is 14.1 Å². The number of benzene rings is 1. The van der Waals surface area contributed by atoms with Gasteiger partial charge in [-0.1, -0.05) is 6.07 Å². The van der Waals surface area contributed by atoms with Gasteiger partial charge < -0.3 is 9.84 Å². The number of rotatable bonds is 6. The summed E-state index contributed by atoms with van der Waals surface area (Å²) >= 11 is 0. The monoisotopic (exact) mass is 409 g/mol. The van der Waals surface area contributed by atoms with E-state index in [9.17, 15) is 13.5 Å². The standard InChI is InChI=1S/C20H31N3O4S/c24-19(16-22-10-12-27-13-11-22)15-21-6-8-23(9-7-21)28(25,26)20-5-4-17-2-1-3-18(17)14-20/h4-5,14,19,24H,1-3,6-13,15-16H2/t19-/m1/s1. The number of aliphatic hydroxyl groups excluding tert-OH is 1. The smallest absolute Gasteiger partial charge is 0.243 e. The summed E-state index contributed by atoms with van der Waals surface area (Å²) in [7, 11) is -3.44. The van der Waals surface area contributed by atoms with Crippen LogP contribution in [0.2, 0.25) is 0 Å². The van der Waals surface area contributed by atoms with Crippen LogP contribution in [0.3, 0.4) is 0 Å². The number of hydrogen-bond acceptors (Lipinski definition) is 6. The van der Waals surface area contributed by atoms with Gasteiger partial charge in [0, 0.05) is 52.4 Å². The largest absolute Gasteiger partial charge is 0.390 e. The number of sulfonamides is 1. The number of fused-ring (bicyclic) bond motifs is 1. The third kappa shape index (κ3) is 4.58. The van der Waals surface area contributed by atoms with Gasteiger partial charge in [-0.2, -0.15) is 4.31 Å². The number of ether oxygens (including phenoxy) is 1. The molecule has 28 heavy (non-hydrogen) atoms. The van der Waals surface area contributed by atoms with E-state index in [-0.39, 0.29) is 0 Å². The summed E-state index contributed by atoms with van der Waals surface area (Å²) in [6, 6.07) is 5.61. The molecule has 2 aliphatic heterocycles. The zero-order valence-corrected chi connectivity index (χ0v) is 17.2. The topological polar surface area (TPSA) is 73.3 Å². The van der Waals surface area contributed by atoms with Crippen molar-refractivity contribution >= 4 is 10.0 Å². The molecule has 0 spiro atoms. The predicted octanol–water partition coefficient (Wildman–Crippen LogP) is 0.175. The Labute approximate surface area is 167 Å². The van der Waals surface area contributed by atoms with Crippen molar-refractivity contribution in [3.05, 3.63) is 29.3 Å². The Morgan fingerprint density at radius 3 is 2.29 bits per heavy atom. The Morgan fingerprint density at radius 2 is 1.57 bits per heavy atom. The van der Waals surface area contributed by atoms with Gasteiger partial charge in [-0.3, -0.25) is 9.80 Å². The van der Waals surface area contributed by atoms with Crippen molar-refractivity contribution in [3.63, 3.8) is 0 Å². The molecule has 1 aliphatic carbocycles. The summed E-state index contributed by atoms with van der Waals surface area (Å²) in [5, 5.41) is 10.4. The fourth-order valence-electron chi connectivity index (χ4n) is 4.45. The van der Waals surface area contributed by atoms with Crippen LogP contribution in [0.4, 0.5) is 0 Å². The number of morpholine rings is 1. The molecule has 1 N–H and O–H groups in total. The average Bonchev–Trinajstić information content (AvgIpc) is 3.17. The van der Waals surface area contributed by atoms with Crippen molar-refractivity contribution < 1.29 is 18.3 Å². The first-order valence-electron chi connectivity index (χ1n) is 10.3. The second-order valence-corrected chi connectivity index (χ2v) is 9.99. The number of aliphatic hydroxyl groups is 1. The minimum Gasteiger partial charge on any atom is -0.390 e. The van der Waals surface area contributed by atoms with Gasteiger partial charge in [0.05, 0.1) is 24.2 Å². The van der Waals surface area contributed by atoms with E-state index in [2.05, 4.69) is 9.80 Å². The molecule has 0 unspecified atom stereocenters. The Hall–Kier alpha value is -1.03. The first-order valence-corrected chi connectivity index (χ1v) is 11.8. The fourth-order valence-corrected chi connectivity index (χ4v) is 5.92. The molecule has 4 rings (SSSR count). The Bertz CT molecular complexity index is 772. The lowest BCUT2D eigenvalue weighted by Crippen LogP contribution is -2.52. The molecule has 1 aromatic carbocycles. The molecule has 0 radical (unpaired) electrons. The molecule has 2 heterocycles. The third-order valence-electron chi connectivity index (χ3n) is 6.08. The molecule has 0 bridgehead atoms. The molecule has 2 fully saturated rings. The van der Waals surface area contributed by atoms with Crippen LogP contribution in [0, 0.1) is 0 Å². The van der Waals surface area contributed by atoms with Gasteiger partial charge in [0.1, 0.15) is 0 Å². The van der Waals surface area contributed by atoms with E-state index in [1.165, 1.54) is 11.1 Å². The molecule has 1 atom stereocenters. The van der Waals surface area contributed by atoms with Crippen LogP contribution in [-0.2, 0) is 27.6 Å². The summed E-state index contributed by atoms with van der Waals surface area (Å²) < 4.78 is 33.0. The van der Waals surface area contributed by atoms with Crippen molar-refractivity contribution in [1.29, 1.82) is 0 Å². The highest BCUT2D eigenvalue weighted by Crippen LogP contribution is 2.26. The number of β-amino-alcohol motifs (C(OH)–C–C–N with tert-alkyl or cyclic N) is 1. The molecule has 3 aliphatic rings. The lowest BCUT2D eigenvalue weighted by Gasteiger charge is -2.36. The lowest BCUT2D eigenvalue weighted by molar-refractivity contribution is 0.00469. The molecule has 0 amide bonds. The van der Waals surface area contributed by atoms with Crippen LogP contribution in [0.5, 0.6) is 0 Å². The van der Waals surface area contributed by atoms with E-state index in [0.29, 0.717) is 44.2 Å². The van der Waals surface area contributed by atoms with E-state index in [4.69, 9.17) is 4.74 Å². The second kappa shape index (κ2) is 8.77. The van der Waals surface area contributed by atoms with Crippen molar-refractivity contribution in [2.24, 2.45) is 0 Å². The van der Waals surface area contributed by atoms with Crippen molar-refractivity contribution in [2.45, 2.75) is 30.3 Å². The minimum atomic E-state index is -3.44. The van der Waals surface area contributed by atoms with Crippen molar-refractivity contribution in [3.8, 4) is 0 Å². The van der Waals surface area contributed by atoms with Crippen LogP contribution < -0.4 is 0 Å². The van der Waals surface area contributed by atoms with Crippen LogP contribution in [-0.4, -0.2) is 99.3 Å². The van der Waals surface area contributed by atoms with E-state index < -0.39 is 16.1 Å². The second-order valence-electron chi connectivity index (χ2n) is 8.06. The number of hydrogen-bond donors (Lipinski definition) is 1. The minimum absolute atomic E-state index is 0.419. The predicted molar refractivity (Wildman–Crippen MR) is 107 cm³/mol. The summed E-state index contributed by atoms with van der Waals surface area (Å²) in [5.41, 5.74) is 2.48. The van der Waals surface area contributed by atoms with Gasteiger partial charge in [0.25, 0.3) is 0 Å². The van der Waals surface area contributed by atoms with E-state index >= 15 is 0 Å². The normalized spacial score (nSPS) is 23.6. The highest BCUT2D eigenvalue weighted by Gasteiger charge is 2.30. The van der Waals surface area contributed by atoms with Gasteiger partial charge >= 0.3 is 0 Å². The van der Waals surface area contributed by atoms with Gasteiger partial charge in [0.15, 0.2) is 0 Å². The highest BCUT2D eigenvalue weighted by molar-refractivity contribution is 7.89. The summed E-state index contributed by atoms with van der Waals surface area (Å²) in [4.78, 5) is 4.82. The maximum absolute atomic E-state index is 13.0. The van der Waals surface area contributed by atoms with Gasteiger partial charge in [0.2, 0.25) is 10.0 Å². The van der Waals surface area contributed by atoms with Crippen LogP contribution in [0.1, 0.15) is 17.5 Å². The Balaban J connectivity index is 1.29. The maximum atomic E-state index is 13.0. The molecule has 156 valence electrons. The van der Waals surface area contributed by atoms with Crippen LogP contribution in [0.25, 0.3) is 0 Å². The van der Waals surface area contributed by atoms with Gasteiger partial charge in [-0.05, 0) is 42.5 Å². The van der Waals surface area contributed by atoms with Gasteiger partial charge in [-0.25, -0.2) is 8.42 Å².